The lowest BCUT2D eigenvalue weighted by molar-refractivity contribution is -0.198. The molecule has 2 fully saturated rings. The first-order valence-electron chi connectivity index (χ1n) is 12.9. The molecule has 0 spiro atoms. The standard InChI is InChI=1S/C27H32N6O5S/c1-31-13-15-32(16-14-31)25-18-22(9-11-28-25)24-7-6-23(19-29-24)39(35,36)33-12-10-21(20-33)5-8-26(34)30-38-27-4-2-3-17-37-27/h5-12,18-20,27H,2-4,13-17H2,1H3,(H,30,34). The Kier molecular flexibility index (Phi) is 8.36. The van der Waals surface area contributed by atoms with Gasteiger partial charge in [0, 0.05) is 75.6 Å². The summed E-state index contributed by atoms with van der Waals surface area (Å²) in [6, 6.07) is 8.69. The molecule has 1 N–H and O–H groups in total. The van der Waals surface area contributed by atoms with Gasteiger partial charge in [-0.25, -0.2) is 27.7 Å². The number of carbonyl (C=O) groups excluding carboxylic acids is 1. The number of nitrogens with one attached hydrogen (secondary N) is 1. The summed E-state index contributed by atoms with van der Waals surface area (Å²) in [5.41, 5.74) is 4.41. The SMILES string of the molecule is CN1CCN(c2cc(-c3ccc(S(=O)(=O)n4ccc(C=CC(=O)NOC5CCCCO5)c4)cn3)ccn2)CC1. The van der Waals surface area contributed by atoms with E-state index in [1.165, 1.54) is 30.7 Å². The third-order valence-electron chi connectivity index (χ3n) is 6.73. The van der Waals surface area contributed by atoms with Crippen molar-refractivity contribution in [3.63, 3.8) is 0 Å². The number of aromatic nitrogens is 3. The summed E-state index contributed by atoms with van der Waals surface area (Å²) in [5.74, 6) is 0.418. The van der Waals surface area contributed by atoms with Crippen LogP contribution in [-0.2, 0) is 24.4 Å². The number of amides is 1. The van der Waals surface area contributed by atoms with Gasteiger partial charge in [-0.2, -0.15) is 0 Å². The maximum Gasteiger partial charge on any atom is 0.269 e. The number of anilines is 1. The molecule has 2 saturated heterocycles. The molecule has 3 aromatic heterocycles. The molecule has 3 aromatic rings. The summed E-state index contributed by atoms with van der Waals surface area (Å²) < 4.78 is 32.8. The summed E-state index contributed by atoms with van der Waals surface area (Å²) in [6.07, 6.45) is 11.0. The van der Waals surface area contributed by atoms with E-state index < -0.39 is 22.2 Å². The number of likely N-dealkylation sites (N-methyl/N-ethyl adjacent to an activating group) is 1. The summed E-state index contributed by atoms with van der Waals surface area (Å²) in [6.45, 7) is 4.37. The molecule has 0 aliphatic carbocycles. The van der Waals surface area contributed by atoms with Gasteiger partial charge in [-0.05, 0) is 61.9 Å². The fourth-order valence-corrected chi connectivity index (χ4v) is 5.54. The van der Waals surface area contributed by atoms with Crippen molar-refractivity contribution in [3.05, 3.63) is 66.8 Å². The average molecular weight is 553 g/mol. The highest BCUT2D eigenvalue weighted by atomic mass is 32.2. The van der Waals surface area contributed by atoms with Gasteiger partial charge >= 0.3 is 0 Å². The Labute approximate surface area is 228 Å². The number of piperazine rings is 1. The largest absolute Gasteiger partial charge is 0.354 e. The fourth-order valence-electron chi connectivity index (χ4n) is 4.39. The van der Waals surface area contributed by atoms with Crippen molar-refractivity contribution in [2.24, 2.45) is 0 Å². The molecule has 39 heavy (non-hydrogen) atoms. The third kappa shape index (κ3) is 6.71. The Balaban J connectivity index is 1.22. The second-order valence-corrected chi connectivity index (χ2v) is 11.4. The van der Waals surface area contributed by atoms with Crippen LogP contribution in [-0.4, -0.2) is 79.3 Å². The predicted molar refractivity (Wildman–Crippen MR) is 146 cm³/mol. The number of hydroxylamine groups is 1. The van der Waals surface area contributed by atoms with Gasteiger partial charge in [-0.15, -0.1) is 0 Å². The molecule has 11 nitrogen and oxygen atoms in total. The Hall–Kier alpha value is -3.58. The molecule has 0 radical (unpaired) electrons. The summed E-state index contributed by atoms with van der Waals surface area (Å²) in [4.78, 5) is 30.8. The quantitative estimate of drug-likeness (QED) is 0.332. The Morgan fingerprint density at radius 1 is 1.13 bits per heavy atom. The van der Waals surface area contributed by atoms with E-state index in [0.717, 1.165) is 60.8 Å². The van der Waals surface area contributed by atoms with Gasteiger partial charge in [0.05, 0.1) is 5.69 Å². The number of rotatable bonds is 8. The molecule has 0 saturated carbocycles. The number of ether oxygens (including phenoxy) is 1. The van der Waals surface area contributed by atoms with Gasteiger partial charge < -0.3 is 14.5 Å². The van der Waals surface area contributed by atoms with Crippen molar-refractivity contribution < 1.29 is 22.8 Å². The molecule has 0 bridgehead atoms. The van der Waals surface area contributed by atoms with Crippen LogP contribution in [0.5, 0.6) is 0 Å². The molecule has 1 amide bonds. The van der Waals surface area contributed by atoms with Crippen LogP contribution in [0.25, 0.3) is 17.3 Å². The second-order valence-electron chi connectivity index (χ2n) is 9.57. The third-order valence-corrected chi connectivity index (χ3v) is 8.35. The smallest absolute Gasteiger partial charge is 0.269 e. The number of nitrogens with zero attached hydrogens (tertiary/aromatic N) is 5. The maximum atomic E-state index is 13.2. The topological polar surface area (TPSA) is 119 Å². The zero-order valence-electron chi connectivity index (χ0n) is 21.8. The highest BCUT2D eigenvalue weighted by Gasteiger charge is 2.19. The molecular weight excluding hydrogens is 520 g/mol. The minimum atomic E-state index is -3.86. The van der Waals surface area contributed by atoms with E-state index in [1.807, 2.05) is 12.1 Å². The monoisotopic (exact) mass is 552 g/mol. The molecule has 2 aliphatic rings. The summed E-state index contributed by atoms with van der Waals surface area (Å²) in [7, 11) is -1.75. The molecule has 206 valence electrons. The van der Waals surface area contributed by atoms with Gasteiger partial charge in [0.25, 0.3) is 15.9 Å². The minimum absolute atomic E-state index is 0.0596. The number of hydrogen-bond donors (Lipinski definition) is 1. The van der Waals surface area contributed by atoms with Crippen LogP contribution < -0.4 is 10.4 Å². The highest BCUT2D eigenvalue weighted by Crippen LogP contribution is 2.24. The van der Waals surface area contributed by atoms with E-state index in [0.29, 0.717) is 17.9 Å². The van der Waals surface area contributed by atoms with Gasteiger partial charge in [0.2, 0.25) is 0 Å². The van der Waals surface area contributed by atoms with Gasteiger partial charge in [-0.1, -0.05) is 0 Å². The predicted octanol–water partition coefficient (Wildman–Crippen LogP) is 2.52. The Bertz CT molecular complexity index is 1410. The molecule has 1 unspecified atom stereocenters. The van der Waals surface area contributed by atoms with Gasteiger partial charge in [-0.3, -0.25) is 9.78 Å². The second kappa shape index (κ2) is 12.1. The average Bonchev–Trinajstić information content (AvgIpc) is 3.46. The van der Waals surface area contributed by atoms with Crippen molar-refractivity contribution in [1.29, 1.82) is 0 Å². The van der Waals surface area contributed by atoms with Crippen molar-refractivity contribution in [2.45, 2.75) is 30.4 Å². The van der Waals surface area contributed by atoms with Crippen LogP contribution in [0.3, 0.4) is 0 Å². The zero-order chi connectivity index (χ0) is 27.2. The van der Waals surface area contributed by atoms with Crippen LogP contribution in [0.1, 0.15) is 24.8 Å². The van der Waals surface area contributed by atoms with Gasteiger partial charge in [0.15, 0.2) is 6.29 Å². The van der Waals surface area contributed by atoms with E-state index >= 15 is 0 Å². The fraction of sp³-hybridized carbons (Fsp3) is 0.370. The molecule has 5 heterocycles. The summed E-state index contributed by atoms with van der Waals surface area (Å²) in [5, 5.41) is 0. The molecule has 2 aliphatic heterocycles. The lowest BCUT2D eigenvalue weighted by atomic mass is 10.1. The molecular formula is C27H32N6O5S. The lowest BCUT2D eigenvalue weighted by Gasteiger charge is -2.33. The van der Waals surface area contributed by atoms with Crippen LogP contribution >= 0.6 is 0 Å². The molecule has 5 rings (SSSR count). The first kappa shape index (κ1) is 27.0. The van der Waals surface area contributed by atoms with E-state index in [9.17, 15) is 13.2 Å². The van der Waals surface area contributed by atoms with Crippen molar-refractivity contribution in [3.8, 4) is 11.3 Å². The van der Waals surface area contributed by atoms with Crippen LogP contribution in [0, 0.1) is 0 Å². The van der Waals surface area contributed by atoms with E-state index in [2.05, 4.69) is 32.3 Å². The lowest BCUT2D eigenvalue weighted by Crippen LogP contribution is -2.44. The van der Waals surface area contributed by atoms with Crippen molar-refractivity contribution in [1.82, 2.24) is 24.3 Å². The van der Waals surface area contributed by atoms with E-state index in [4.69, 9.17) is 9.57 Å². The molecule has 12 heteroatoms. The number of pyridine rings is 2. The Morgan fingerprint density at radius 2 is 1.97 bits per heavy atom. The van der Waals surface area contributed by atoms with Crippen molar-refractivity contribution >= 4 is 27.8 Å². The first-order valence-corrected chi connectivity index (χ1v) is 14.4. The van der Waals surface area contributed by atoms with E-state index in [-0.39, 0.29) is 4.90 Å². The van der Waals surface area contributed by atoms with E-state index in [1.54, 1.807) is 24.4 Å². The molecule has 0 aromatic carbocycles. The minimum Gasteiger partial charge on any atom is -0.354 e. The normalized spacial score (nSPS) is 18.9. The van der Waals surface area contributed by atoms with Crippen LogP contribution in [0.4, 0.5) is 5.82 Å². The highest BCUT2D eigenvalue weighted by molar-refractivity contribution is 7.90. The van der Waals surface area contributed by atoms with Crippen molar-refractivity contribution in [2.75, 3.05) is 44.7 Å². The van der Waals surface area contributed by atoms with Crippen LogP contribution in [0.15, 0.2) is 66.1 Å². The first-order chi connectivity index (χ1) is 18.9. The number of hydrogen-bond acceptors (Lipinski definition) is 9. The molecule has 1 atom stereocenters. The maximum absolute atomic E-state index is 13.2. The Morgan fingerprint density at radius 3 is 2.72 bits per heavy atom. The summed E-state index contributed by atoms with van der Waals surface area (Å²) >= 11 is 0. The van der Waals surface area contributed by atoms with Gasteiger partial charge in [0.1, 0.15) is 10.7 Å². The zero-order valence-corrected chi connectivity index (χ0v) is 22.6. The number of carbonyl (C=O) groups is 1. The van der Waals surface area contributed by atoms with Crippen LogP contribution in [0.2, 0.25) is 0 Å².